The van der Waals surface area contributed by atoms with E-state index < -0.39 is 74.2 Å². The minimum absolute atomic E-state index is 0.238. The third kappa shape index (κ3) is 40.6. The Bertz CT molecular complexity index is 1400. The molecule has 1 aliphatic rings. The quantitative estimate of drug-likeness (QED) is 0.0215. The maximum Gasteiger partial charge on any atom is 0.249 e. The van der Waals surface area contributed by atoms with E-state index in [9.17, 15) is 40.5 Å². The molecule has 1 aliphatic heterocycles. The lowest BCUT2D eigenvalue weighted by Crippen LogP contribution is -2.60. The average molecular weight is 1060 g/mol. The number of aliphatic hydroxyl groups excluding tert-OH is 7. The summed E-state index contributed by atoms with van der Waals surface area (Å²) < 4.78 is 11.1. The molecule has 0 spiro atoms. The zero-order valence-electron chi connectivity index (χ0n) is 48.0. The second kappa shape index (κ2) is 52.5. The molecule has 0 radical (unpaired) electrons. The third-order valence-electron chi connectivity index (χ3n) is 14.7. The lowest BCUT2D eigenvalue weighted by atomic mass is 9.98. The molecule has 0 saturated carbocycles. The van der Waals surface area contributed by atoms with Crippen molar-refractivity contribution in [3.05, 3.63) is 60.8 Å². The van der Waals surface area contributed by atoms with E-state index in [1.807, 2.05) is 0 Å². The standard InChI is InChI=1S/C64H117NO10/c1-3-5-7-9-11-13-15-17-19-21-23-25-27-28-29-30-32-34-36-38-40-42-44-46-48-50-52-57(68)63(73)65-55(54-74-64-62(72)61(71)60(70)58(53-66)75-64)59(69)56(67)51-49-47-45-43-41-39-37-35-33-31-26-24-22-20-18-16-14-12-10-8-6-4-2/h23-26,28-29,35,37,43,45,55-62,64,66-72H,3-22,27,30-34,36,38-42,44,46-54H2,1-2H3,(H,65,73)/b25-23-,26-24+,29-28-,37-35+,45-43+. The van der Waals surface area contributed by atoms with Gasteiger partial charge in [-0.05, 0) is 96.3 Å². The summed E-state index contributed by atoms with van der Waals surface area (Å²) in [7, 11) is 0. The minimum Gasteiger partial charge on any atom is -0.394 e. The van der Waals surface area contributed by atoms with Gasteiger partial charge in [0.1, 0.15) is 36.6 Å². The van der Waals surface area contributed by atoms with Crippen LogP contribution in [0.2, 0.25) is 0 Å². The molecule has 75 heavy (non-hydrogen) atoms. The summed E-state index contributed by atoms with van der Waals surface area (Å²) in [5.41, 5.74) is 0. The van der Waals surface area contributed by atoms with Crippen LogP contribution in [0.1, 0.15) is 271 Å². The number of unbranched alkanes of at least 4 members (excludes halogenated alkanes) is 31. The van der Waals surface area contributed by atoms with E-state index in [0.717, 1.165) is 57.8 Å². The van der Waals surface area contributed by atoms with Crippen LogP contribution in [0.15, 0.2) is 60.8 Å². The molecule has 0 aromatic carbocycles. The van der Waals surface area contributed by atoms with Gasteiger partial charge in [-0.3, -0.25) is 4.79 Å². The zero-order chi connectivity index (χ0) is 54.7. The first kappa shape index (κ1) is 70.8. The van der Waals surface area contributed by atoms with Gasteiger partial charge in [0.25, 0.3) is 0 Å². The van der Waals surface area contributed by atoms with Gasteiger partial charge in [-0.15, -0.1) is 0 Å². The summed E-state index contributed by atoms with van der Waals surface area (Å²) in [6, 6.07) is -1.20. The molecule has 8 N–H and O–H groups in total. The predicted octanol–water partition coefficient (Wildman–Crippen LogP) is 13.8. The monoisotopic (exact) mass is 1060 g/mol. The molecule has 11 heteroatoms. The number of aliphatic hydroxyl groups is 7. The molecular formula is C64H117NO10. The first-order valence-electron chi connectivity index (χ1n) is 31.2. The van der Waals surface area contributed by atoms with Crippen LogP contribution in [0.5, 0.6) is 0 Å². The highest BCUT2D eigenvalue weighted by Crippen LogP contribution is 2.23. The maximum atomic E-state index is 13.2. The Morgan fingerprint density at radius 3 is 1.27 bits per heavy atom. The Balaban J connectivity index is 2.32. The Labute approximate surface area is 459 Å². The van der Waals surface area contributed by atoms with E-state index in [4.69, 9.17) is 9.47 Å². The molecule has 1 amide bonds. The largest absolute Gasteiger partial charge is 0.394 e. The summed E-state index contributed by atoms with van der Waals surface area (Å²) in [5, 5.41) is 76.2. The normalized spacial score (nSPS) is 20.1. The number of hydrogen-bond donors (Lipinski definition) is 8. The number of ether oxygens (including phenoxy) is 2. The highest BCUT2D eigenvalue weighted by Gasteiger charge is 2.44. The summed E-state index contributed by atoms with van der Waals surface area (Å²) in [5.74, 6) is -0.714. The van der Waals surface area contributed by atoms with Gasteiger partial charge in [-0.1, -0.05) is 235 Å². The molecule has 1 rings (SSSR count). The van der Waals surface area contributed by atoms with Crippen molar-refractivity contribution in [2.24, 2.45) is 0 Å². The minimum atomic E-state index is -1.68. The Morgan fingerprint density at radius 1 is 0.467 bits per heavy atom. The van der Waals surface area contributed by atoms with Gasteiger partial charge >= 0.3 is 0 Å². The number of allylic oxidation sites excluding steroid dienone is 10. The van der Waals surface area contributed by atoms with Crippen LogP contribution in [0, 0.1) is 0 Å². The smallest absolute Gasteiger partial charge is 0.249 e. The van der Waals surface area contributed by atoms with Crippen molar-refractivity contribution in [1.82, 2.24) is 5.32 Å². The van der Waals surface area contributed by atoms with Crippen molar-refractivity contribution in [2.75, 3.05) is 13.2 Å². The highest BCUT2D eigenvalue weighted by molar-refractivity contribution is 5.80. The van der Waals surface area contributed by atoms with Crippen LogP contribution in [-0.2, 0) is 14.3 Å². The van der Waals surface area contributed by atoms with Crippen molar-refractivity contribution in [3.8, 4) is 0 Å². The van der Waals surface area contributed by atoms with E-state index in [2.05, 4.69) is 79.9 Å². The Hall–Kier alpha value is -2.19. The molecule has 9 unspecified atom stereocenters. The van der Waals surface area contributed by atoms with Crippen LogP contribution in [0.25, 0.3) is 0 Å². The molecular weight excluding hydrogens is 943 g/mol. The summed E-state index contributed by atoms with van der Waals surface area (Å²) in [6.45, 7) is 3.45. The van der Waals surface area contributed by atoms with Crippen LogP contribution in [-0.4, -0.2) is 110 Å². The van der Waals surface area contributed by atoms with Crippen LogP contribution >= 0.6 is 0 Å². The van der Waals surface area contributed by atoms with Crippen molar-refractivity contribution in [1.29, 1.82) is 0 Å². The van der Waals surface area contributed by atoms with Gasteiger partial charge in [-0.25, -0.2) is 0 Å². The van der Waals surface area contributed by atoms with Crippen LogP contribution < -0.4 is 5.32 Å². The number of carbonyl (C=O) groups excluding carboxylic acids is 1. The third-order valence-corrected chi connectivity index (χ3v) is 14.7. The lowest BCUT2D eigenvalue weighted by molar-refractivity contribution is -0.303. The highest BCUT2D eigenvalue weighted by atomic mass is 16.7. The van der Waals surface area contributed by atoms with E-state index in [-0.39, 0.29) is 12.8 Å². The number of nitrogens with one attached hydrogen (secondary N) is 1. The fourth-order valence-electron chi connectivity index (χ4n) is 9.68. The second-order valence-electron chi connectivity index (χ2n) is 21.7. The number of carbonyl (C=O) groups is 1. The van der Waals surface area contributed by atoms with Crippen molar-refractivity contribution in [2.45, 2.75) is 326 Å². The number of amides is 1. The SMILES string of the molecule is CCCCCCCCCCC/C=C\C/C=C\CCCCCCCCCCCCC(O)C(=O)NC(COC1OC(CO)C(O)C(O)C1O)C(O)C(O)CCC/C=C/CC/C=C/CC/C=C/CCCCCCCCCCC. The molecule has 438 valence electrons. The van der Waals surface area contributed by atoms with Gasteiger partial charge < -0.3 is 50.5 Å². The number of rotatable bonds is 53. The van der Waals surface area contributed by atoms with Gasteiger partial charge in [0, 0.05) is 0 Å². The maximum absolute atomic E-state index is 13.2. The zero-order valence-corrected chi connectivity index (χ0v) is 48.0. The number of hydrogen-bond acceptors (Lipinski definition) is 10. The molecule has 0 bridgehead atoms. The summed E-state index contributed by atoms with van der Waals surface area (Å²) in [4.78, 5) is 13.2. The van der Waals surface area contributed by atoms with E-state index >= 15 is 0 Å². The molecule has 1 fully saturated rings. The Morgan fingerprint density at radius 2 is 0.840 bits per heavy atom. The fraction of sp³-hybridized carbons (Fsp3) is 0.828. The van der Waals surface area contributed by atoms with Crippen LogP contribution in [0.3, 0.4) is 0 Å². The molecule has 11 nitrogen and oxygen atoms in total. The summed E-state index contributed by atoms with van der Waals surface area (Å²) in [6.07, 6.45) is 57.0. The molecule has 9 atom stereocenters. The van der Waals surface area contributed by atoms with Gasteiger partial charge in [0.2, 0.25) is 5.91 Å². The van der Waals surface area contributed by atoms with E-state index in [0.29, 0.717) is 19.3 Å². The molecule has 1 saturated heterocycles. The van der Waals surface area contributed by atoms with E-state index in [1.165, 1.54) is 167 Å². The van der Waals surface area contributed by atoms with Crippen LogP contribution in [0.4, 0.5) is 0 Å². The van der Waals surface area contributed by atoms with Gasteiger partial charge in [-0.2, -0.15) is 0 Å². The summed E-state index contributed by atoms with van der Waals surface area (Å²) >= 11 is 0. The topological polar surface area (TPSA) is 189 Å². The Kier molecular flexibility index (Phi) is 49.6. The van der Waals surface area contributed by atoms with Gasteiger partial charge in [0.05, 0.1) is 25.4 Å². The molecule has 0 aliphatic carbocycles. The second-order valence-corrected chi connectivity index (χ2v) is 21.7. The van der Waals surface area contributed by atoms with E-state index in [1.54, 1.807) is 0 Å². The average Bonchev–Trinajstić information content (AvgIpc) is 3.41. The first-order chi connectivity index (χ1) is 36.7. The van der Waals surface area contributed by atoms with Crippen molar-refractivity contribution >= 4 is 5.91 Å². The first-order valence-corrected chi connectivity index (χ1v) is 31.2. The predicted molar refractivity (Wildman–Crippen MR) is 311 cm³/mol. The van der Waals surface area contributed by atoms with Crippen molar-refractivity contribution in [3.63, 3.8) is 0 Å². The lowest BCUT2D eigenvalue weighted by Gasteiger charge is -2.40. The molecule has 0 aromatic heterocycles. The molecule has 1 heterocycles. The fourth-order valence-corrected chi connectivity index (χ4v) is 9.68. The molecule has 0 aromatic rings. The van der Waals surface area contributed by atoms with Crippen molar-refractivity contribution < 1.29 is 50.0 Å². The van der Waals surface area contributed by atoms with Gasteiger partial charge in [0.15, 0.2) is 6.29 Å².